The van der Waals surface area contributed by atoms with Crippen molar-refractivity contribution in [3.05, 3.63) is 52.8 Å². The van der Waals surface area contributed by atoms with E-state index in [0.717, 1.165) is 16.9 Å². The summed E-state index contributed by atoms with van der Waals surface area (Å²) >= 11 is 0. The highest BCUT2D eigenvalue weighted by molar-refractivity contribution is 8.93. The van der Waals surface area contributed by atoms with Crippen molar-refractivity contribution >= 4 is 40.1 Å². The number of ether oxygens (including phenoxy) is 1. The number of aromatic nitrogens is 1. The molecule has 2 aliphatic rings. The first kappa shape index (κ1) is 24.4. The molecule has 1 aromatic carbocycles. The van der Waals surface area contributed by atoms with Gasteiger partial charge in [0, 0.05) is 28.8 Å². The number of carbonyl (C=O) groups excluding carboxylic acids is 1. The molecular weight excluding hydrogens is 484 g/mol. The van der Waals surface area contributed by atoms with Crippen LogP contribution in [0.5, 0.6) is 5.75 Å². The zero-order valence-corrected chi connectivity index (χ0v) is 20.9. The first-order chi connectivity index (χ1) is 15.2. The lowest BCUT2D eigenvalue weighted by atomic mass is 9.93. The van der Waals surface area contributed by atoms with E-state index in [9.17, 15) is 10.1 Å². The molecule has 4 rings (SSSR count). The third kappa shape index (κ3) is 4.76. The van der Waals surface area contributed by atoms with E-state index in [2.05, 4.69) is 9.98 Å². The highest BCUT2D eigenvalue weighted by Gasteiger charge is 2.32. The van der Waals surface area contributed by atoms with Crippen LogP contribution in [0.3, 0.4) is 0 Å². The van der Waals surface area contributed by atoms with Crippen molar-refractivity contribution in [2.45, 2.75) is 34.2 Å². The Labute approximate surface area is 204 Å². The van der Waals surface area contributed by atoms with E-state index >= 15 is 0 Å². The molecule has 9 heteroatoms. The maximum absolute atomic E-state index is 13.1. The van der Waals surface area contributed by atoms with Crippen LogP contribution in [0.2, 0.25) is 0 Å². The van der Waals surface area contributed by atoms with Gasteiger partial charge < -0.3 is 14.5 Å². The molecule has 0 amide bonds. The van der Waals surface area contributed by atoms with Gasteiger partial charge in [-0.25, -0.2) is 4.98 Å². The molecule has 0 aliphatic carbocycles. The molecule has 1 aromatic heterocycles. The third-order valence-corrected chi connectivity index (χ3v) is 5.58. The molecule has 0 radical (unpaired) electrons. The van der Waals surface area contributed by atoms with Gasteiger partial charge in [0.15, 0.2) is 5.78 Å². The number of amidine groups is 2. The summed E-state index contributed by atoms with van der Waals surface area (Å²) in [6, 6.07) is 9.22. The number of benzene rings is 1. The van der Waals surface area contributed by atoms with Gasteiger partial charge in [-0.3, -0.25) is 10.2 Å². The number of anilines is 1. The monoisotopic (exact) mass is 510 g/mol. The summed E-state index contributed by atoms with van der Waals surface area (Å²) < 4.78 is 5.79. The number of nitriles is 1. The molecule has 0 bridgehead atoms. The number of halogens is 1. The molecule has 0 saturated carbocycles. The standard InChI is InChI=1S/C24H26N6O2.BrH/c1-15-5-6-17-12-29(22(26)21(17)28-15)13-19(31)16-7-8-20-18(11-16)30(9-10-32-20)23(27-14-25)24(2,3)4;/h5-8,11,26H,9-10,12-13H2,1-4H3;1H. The highest BCUT2D eigenvalue weighted by atomic mass is 79.9. The van der Waals surface area contributed by atoms with E-state index in [1.165, 1.54) is 0 Å². The summed E-state index contributed by atoms with van der Waals surface area (Å²) in [5.74, 6) is 1.47. The molecule has 0 unspecified atom stereocenters. The Kier molecular flexibility index (Phi) is 6.89. The van der Waals surface area contributed by atoms with Gasteiger partial charge in [-0.05, 0) is 31.2 Å². The number of nitrogens with zero attached hydrogens (tertiary/aromatic N) is 5. The van der Waals surface area contributed by atoms with Gasteiger partial charge in [0.05, 0.1) is 18.8 Å². The second-order valence-electron chi connectivity index (χ2n) is 9.06. The topological polar surface area (TPSA) is 106 Å². The minimum Gasteiger partial charge on any atom is -0.490 e. The molecule has 0 atom stereocenters. The van der Waals surface area contributed by atoms with Crippen LogP contribution in [0.15, 0.2) is 35.3 Å². The average Bonchev–Trinajstić information content (AvgIpc) is 3.05. The van der Waals surface area contributed by atoms with E-state index < -0.39 is 0 Å². The van der Waals surface area contributed by atoms with Crippen LogP contribution in [-0.2, 0) is 6.54 Å². The van der Waals surface area contributed by atoms with Crippen molar-refractivity contribution in [2.24, 2.45) is 10.4 Å². The molecule has 0 saturated heterocycles. The Balaban J connectivity index is 0.00000306. The summed E-state index contributed by atoms with van der Waals surface area (Å²) in [6.45, 7) is 9.49. The lowest BCUT2D eigenvalue weighted by molar-refractivity contribution is 0.0962. The Bertz CT molecular complexity index is 1180. The highest BCUT2D eigenvalue weighted by Crippen LogP contribution is 2.36. The van der Waals surface area contributed by atoms with E-state index in [4.69, 9.17) is 10.1 Å². The van der Waals surface area contributed by atoms with Gasteiger partial charge in [0.2, 0.25) is 6.19 Å². The van der Waals surface area contributed by atoms with Crippen molar-refractivity contribution in [1.82, 2.24) is 9.88 Å². The molecule has 0 spiro atoms. The van der Waals surface area contributed by atoms with Gasteiger partial charge >= 0.3 is 0 Å². The molecule has 8 nitrogen and oxygen atoms in total. The molecule has 172 valence electrons. The predicted molar refractivity (Wildman–Crippen MR) is 133 cm³/mol. The van der Waals surface area contributed by atoms with E-state index in [-0.39, 0.29) is 40.6 Å². The lowest BCUT2D eigenvalue weighted by Crippen LogP contribution is -2.44. The van der Waals surface area contributed by atoms with Crippen LogP contribution in [0.25, 0.3) is 0 Å². The normalized spacial score (nSPS) is 15.2. The van der Waals surface area contributed by atoms with Gasteiger partial charge in [-0.2, -0.15) is 10.3 Å². The fourth-order valence-corrected chi connectivity index (χ4v) is 4.04. The minimum atomic E-state index is -0.355. The van der Waals surface area contributed by atoms with Crippen LogP contribution < -0.4 is 9.64 Å². The number of carbonyl (C=O) groups is 1. The Morgan fingerprint density at radius 1 is 1.30 bits per heavy atom. The molecule has 2 aromatic rings. The number of aliphatic imine (C=N–C) groups is 1. The summed E-state index contributed by atoms with van der Waals surface area (Å²) in [6.07, 6.45) is 1.91. The Morgan fingerprint density at radius 3 is 2.76 bits per heavy atom. The molecular formula is C24H27BrN6O2. The molecule has 3 heterocycles. The number of nitrogens with one attached hydrogen (secondary N) is 1. The maximum Gasteiger partial charge on any atom is 0.207 e. The molecule has 2 aliphatic heterocycles. The summed E-state index contributed by atoms with van der Waals surface area (Å²) in [4.78, 5) is 25.4. The number of aryl methyl sites for hydroxylation is 1. The Morgan fingerprint density at radius 2 is 2.06 bits per heavy atom. The van der Waals surface area contributed by atoms with Gasteiger partial charge in [0.25, 0.3) is 0 Å². The van der Waals surface area contributed by atoms with Gasteiger partial charge in [-0.15, -0.1) is 17.0 Å². The first-order valence-electron chi connectivity index (χ1n) is 10.5. The quantitative estimate of drug-likeness (QED) is 0.288. The van der Waals surface area contributed by atoms with E-state index in [0.29, 0.717) is 42.5 Å². The number of Topliss-reactive ketones (excluding diaryl/α,β-unsaturated/α-hetero) is 1. The summed E-state index contributed by atoms with van der Waals surface area (Å²) in [5, 5.41) is 17.6. The second kappa shape index (κ2) is 9.32. The minimum absolute atomic E-state index is 0. The Hall–Kier alpha value is -3.25. The zero-order chi connectivity index (χ0) is 23.0. The summed E-state index contributed by atoms with van der Waals surface area (Å²) in [5.41, 5.74) is 3.35. The average molecular weight is 511 g/mol. The largest absolute Gasteiger partial charge is 0.490 e. The zero-order valence-electron chi connectivity index (χ0n) is 19.2. The second-order valence-corrected chi connectivity index (χ2v) is 9.06. The number of hydrogen-bond acceptors (Lipinski definition) is 6. The number of pyridine rings is 1. The lowest BCUT2D eigenvalue weighted by Gasteiger charge is -2.36. The first-order valence-corrected chi connectivity index (χ1v) is 10.5. The van der Waals surface area contributed by atoms with Gasteiger partial charge in [-0.1, -0.05) is 26.8 Å². The number of ketones is 1. The van der Waals surface area contributed by atoms with Crippen LogP contribution in [0, 0.1) is 29.2 Å². The van der Waals surface area contributed by atoms with E-state index in [1.54, 1.807) is 23.1 Å². The summed E-state index contributed by atoms with van der Waals surface area (Å²) in [7, 11) is 0. The predicted octanol–water partition coefficient (Wildman–Crippen LogP) is 4.12. The van der Waals surface area contributed by atoms with Crippen molar-refractivity contribution in [2.75, 3.05) is 24.6 Å². The molecule has 0 fully saturated rings. The van der Waals surface area contributed by atoms with Gasteiger partial charge in [0.1, 0.15) is 29.7 Å². The smallest absolute Gasteiger partial charge is 0.207 e. The maximum atomic E-state index is 13.1. The van der Waals surface area contributed by atoms with Crippen LogP contribution in [-0.4, -0.2) is 47.0 Å². The van der Waals surface area contributed by atoms with Crippen LogP contribution in [0.1, 0.15) is 48.1 Å². The van der Waals surface area contributed by atoms with Crippen molar-refractivity contribution in [1.29, 1.82) is 10.7 Å². The molecule has 33 heavy (non-hydrogen) atoms. The van der Waals surface area contributed by atoms with Crippen molar-refractivity contribution < 1.29 is 9.53 Å². The number of rotatable bonds is 3. The van der Waals surface area contributed by atoms with Crippen LogP contribution >= 0.6 is 17.0 Å². The fourth-order valence-electron chi connectivity index (χ4n) is 4.04. The van der Waals surface area contributed by atoms with E-state index in [1.807, 2.05) is 50.9 Å². The third-order valence-electron chi connectivity index (χ3n) is 5.58. The van der Waals surface area contributed by atoms with Crippen LogP contribution in [0.4, 0.5) is 5.69 Å². The van der Waals surface area contributed by atoms with Crippen molar-refractivity contribution in [3.8, 4) is 11.9 Å². The number of hydrogen-bond donors (Lipinski definition) is 1. The van der Waals surface area contributed by atoms with Crippen molar-refractivity contribution in [3.63, 3.8) is 0 Å². The fraction of sp³-hybridized carbons (Fsp3) is 0.375. The SMILES string of the molecule is Br.Cc1ccc2c(n1)C(=N)N(CC(=O)c1ccc3c(c1)N(C(=NC#N)C(C)(C)C)CCO3)C2. The molecule has 1 N–H and O–H groups in total. The number of fused-ring (bicyclic) bond motifs is 2.